The Morgan fingerprint density at radius 2 is 1.20 bits per heavy atom. The molecule has 0 aliphatic carbocycles. The van der Waals surface area contributed by atoms with Gasteiger partial charge in [0, 0.05) is 27.7 Å². The molecule has 0 aromatic carbocycles. The second-order valence-corrected chi connectivity index (χ2v) is 1.000. The number of hydrogen-bond donors (Lipinski definition) is 0. The van der Waals surface area contributed by atoms with Gasteiger partial charge >= 0.3 is 0 Å². The molecule has 0 saturated carbocycles. The van der Waals surface area contributed by atoms with Crippen molar-refractivity contribution in [1.29, 1.82) is 0 Å². The molecular weight excluding hydrogens is 249 g/mol. The molecule has 0 fully saturated rings. The minimum Gasteiger partial charge on any atom is -0.0654 e. The molecule has 0 bridgehead atoms. The molecule has 0 aliphatic rings. The molecule has 0 saturated heterocycles. The summed E-state index contributed by atoms with van der Waals surface area (Å²) in [6, 6.07) is 0. The summed E-state index contributed by atoms with van der Waals surface area (Å²) in [5, 5.41) is 0. The molecule has 0 rings (SSSR count). The van der Waals surface area contributed by atoms with Crippen molar-refractivity contribution in [3.8, 4) is 0 Å². The van der Waals surface area contributed by atoms with E-state index in [0.717, 1.165) is 0 Å². The van der Waals surface area contributed by atoms with Gasteiger partial charge in [-0.2, -0.15) is 0 Å². The maximum absolute atomic E-state index is 2.18. The first-order valence-electron chi connectivity index (χ1n) is 1.91. The summed E-state index contributed by atoms with van der Waals surface area (Å²) in [6.45, 7) is 4.36. The van der Waals surface area contributed by atoms with E-state index in [4.69, 9.17) is 0 Å². The quantitative estimate of drug-likeness (QED) is 0.630. The van der Waals surface area contributed by atoms with Crippen molar-refractivity contribution < 1.29 is 27.7 Å². The average Bonchev–Trinajstić information content (AvgIpc) is 1.37. The second kappa shape index (κ2) is 8.87. The van der Waals surface area contributed by atoms with Gasteiger partial charge in [0.1, 0.15) is 0 Å². The number of rotatable bonds is 1. The van der Waals surface area contributed by atoms with Gasteiger partial charge in [-0.15, -0.1) is 0 Å². The fourth-order valence-corrected chi connectivity index (χ4v) is 0. The average molecular weight is 259 g/mol. The molecule has 0 aromatic heterocycles. The largest absolute Gasteiger partial charge is 0.0654 e. The minimum atomic E-state index is 0. The summed E-state index contributed by atoms with van der Waals surface area (Å²) in [5.74, 6) is 0. The molecular formula is C4H10Hg. The molecule has 0 aliphatic heterocycles. The van der Waals surface area contributed by atoms with Crippen LogP contribution in [-0.2, 0) is 27.7 Å². The summed E-state index contributed by atoms with van der Waals surface area (Å²) >= 11 is 0. The van der Waals surface area contributed by atoms with Gasteiger partial charge in [-0.25, -0.2) is 0 Å². The Morgan fingerprint density at radius 3 is 1.20 bits per heavy atom. The minimum absolute atomic E-state index is 0. The van der Waals surface area contributed by atoms with E-state index in [0.29, 0.717) is 0 Å². The molecule has 1 heteroatoms. The summed E-state index contributed by atoms with van der Waals surface area (Å²) in [7, 11) is 0. The summed E-state index contributed by atoms with van der Waals surface area (Å²) < 4.78 is 0. The van der Waals surface area contributed by atoms with Crippen LogP contribution in [0.3, 0.4) is 0 Å². The zero-order valence-corrected chi connectivity index (χ0v) is 9.62. The normalized spacial score (nSPS) is 6.00. The van der Waals surface area contributed by atoms with Crippen LogP contribution < -0.4 is 0 Å². The Bertz CT molecular complexity index is 5.61. The zero-order chi connectivity index (χ0) is 3.41. The standard InChI is InChI=1S/C4H10.Hg/c1-3-4-2;/h3-4H2,1-2H3;. The first-order valence-corrected chi connectivity index (χ1v) is 1.91. The van der Waals surface area contributed by atoms with Gasteiger partial charge in [0.25, 0.3) is 0 Å². The molecule has 0 aromatic rings. The van der Waals surface area contributed by atoms with E-state index in [-0.39, 0.29) is 27.7 Å². The van der Waals surface area contributed by atoms with Crippen molar-refractivity contribution in [2.24, 2.45) is 0 Å². The van der Waals surface area contributed by atoms with Crippen LogP contribution >= 0.6 is 0 Å². The van der Waals surface area contributed by atoms with E-state index in [2.05, 4.69) is 13.8 Å². The maximum atomic E-state index is 2.18. The molecule has 0 spiro atoms. The third kappa shape index (κ3) is 11.4. The van der Waals surface area contributed by atoms with Crippen molar-refractivity contribution in [3.05, 3.63) is 0 Å². The van der Waals surface area contributed by atoms with Crippen LogP contribution in [0.4, 0.5) is 0 Å². The van der Waals surface area contributed by atoms with E-state index in [1.165, 1.54) is 12.8 Å². The Kier molecular flexibility index (Phi) is 16.6. The van der Waals surface area contributed by atoms with Crippen LogP contribution in [0.25, 0.3) is 0 Å². The van der Waals surface area contributed by atoms with Crippen LogP contribution in [0.1, 0.15) is 26.7 Å². The second-order valence-electron chi connectivity index (χ2n) is 1.000. The topological polar surface area (TPSA) is 0 Å². The molecule has 0 unspecified atom stereocenters. The van der Waals surface area contributed by atoms with Crippen LogP contribution in [0.5, 0.6) is 0 Å². The third-order valence-electron chi connectivity index (χ3n) is 0.500. The Balaban J connectivity index is 0. The SMILES string of the molecule is CCCC.[Hg]. The fourth-order valence-electron chi connectivity index (χ4n) is 0. The molecule has 0 radical (unpaired) electrons. The summed E-state index contributed by atoms with van der Waals surface area (Å²) in [5.41, 5.74) is 0. The molecule has 0 amide bonds. The van der Waals surface area contributed by atoms with Crippen molar-refractivity contribution in [3.63, 3.8) is 0 Å². The first kappa shape index (κ1) is 9.33. The third-order valence-corrected chi connectivity index (χ3v) is 0.500. The Hall–Kier alpha value is 0.935. The molecule has 0 N–H and O–H groups in total. The van der Waals surface area contributed by atoms with Crippen molar-refractivity contribution in [1.82, 2.24) is 0 Å². The van der Waals surface area contributed by atoms with E-state index in [9.17, 15) is 0 Å². The number of unbranched alkanes of at least 4 members (excludes halogenated alkanes) is 1. The van der Waals surface area contributed by atoms with Crippen molar-refractivity contribution in [2.75, 3.05) is 0 Å². The molecule has 5 heavy (non-hydrogen) atoms. The molecule has 0 heterocycles. The Morgan fingerprint density at radius 1 is 1.00 bits per heavy atom. The van der Waals surface area contributed by atoms with Gasteiger partial charge in [-0.3, -0.25) is 0 Å². The van der Waals surface area contributed by atoms with E-state index in [1.54, 1.807) is 0 Å². The van der Waals surface area contributed by atoms with Gasteiger partial charge < -0.3 is 0 Å². The van der Waals surface area contributed by atoms with Crippen molar-refractivity contribution >= 4 is 0 Å². The van der Waals surface area contributed by atoms with Gasteiger partial charge in [0.05, 0.1) is 0 Å². The fraction of sp³-hybridized carbons (Fsp3) is 1.00. The predicted molar refractivity (Wildman–Crippen MR) is 20.6 cm³/mol. The summed E-state index contributed by atoms with van der Waals surface area (Å²) in [6.07, 6.45) is 2.64. The monoisotopic (exact) mass is 260 g/mol. The van der Waals surface area contributed by atoms with Crippen LogP contribution in [0.15, 0.2) is 0 Å². The molecule has 0 nitrogen and oxygen atoms in total. The maximum Gasteiger partial charge on any atom is 0 e. The molecule has 0 atom stereocenters. The predicted octanol–water partition coefficient (Wildman–Crippen LogP) is 1.80. The van der Waals surface area contributed by atoms with E-state index >= 15 is 0 Å². The van der Waals surface area contributed by atoms with Crippen LogP contribution in [0, 0.1) is 0 Å². The van der Waals surface area contributed by atoms with Gasteiger partial charge in [-0.1, -0.05) is 26.7 Å². The van der Waals surface area contributed by atoms with E-state index in [1.807, 2.05) is 0 Å². The van der Waals surface area contributed by atoms with Crippen LogP contribution in [-0.4, -0.2) is 0 Å². The van der Waals surface area contributed by atoms with Gasteiger partial charge in [0.15, 0.2) is 0 Å². The van der Waals surface area contributed by atoms with Gasteiger partial charge in [0.2, 0.25) is 0 Å². The molecule has 28 valence electrons. The van der Waals surface area contributed by atoms with E-state index < -0.39 is 0 Å². The van der Waals surface area contributed by atoms with Crippen LogP contribution in [0.2, 0.25) is 0 Å². The Labute approximate surface area is 54.5 Å². The van der Waals surface area contributed by atoms with Gasteiger partial charge in [-0.05, 0) is 0 Å². The smallest absolute Gasteiger partial charge is 0 e. The first-order chi connectivity index (χ1) is 1.91. The zero-order valence-electron chi connectivity index (χ0n) is 4.12. The number of hydrogen-bond acceptors (Lipinski definition) is 0. The van der Waals surface area contributed by atoms with Crippen molar-refractivity contribution in [2.45, 2.75) is 26.7 Å². The summed E-state index contributed by atoms with van der Waals surface area (Å²) in [4.78, 5) is 0.